The van der Waals surface area contributed by atoms with Gasteiger partial charge in [0.05, 0.1) is 25.0 Å². The maximum Gasteiger partial charge on any atom is 0.209 e. The van der Waals surface area contributed by atoms with E-state index in [0.717, 1.165) is 22.3 Å². The molecule has 0 spiro atoms. The molecule has 1 aromatic heterocycles. The van der Waals surface area contributed by atoms with Gasteiger partial charge in [0, 0.05) is 11.6 Å². The summed E-state index contributed by atoms with van der Waals surface area (Å²) >= 11 is 1.33. The number of methoxy groups -OCH3 is 2. The Morgan fingerprint density at radius 1 is 1.03 bits per heavy atom. The molecule has 1 heterocycles. The topological polar surface area (TPSA) is 77.1 Å². The number of benzene rings is 2. The first-order valence-electron chi connectivity index (χ1n) is 9.27. The Morgan fingerprint density at radius 3 is 2.45 bits per heavy atom. The van der Waals surface area contributed by atoms with Crippen molar-refractivity contribution in [3.05, 3.63) is 52.6 Å². The zero-order valence-electron chi connectivity index (χ0n) is 17.5. The summed E-state index contributed by atoms with van der Waals surface area (Å²) in [5.74, 6) is 1.98. The van der Waals surface area contributed by atoms with Crippen LogP contribution in [-0.4, -0.2) is 40.4 Å². The molecule has 2 aromatic carbocycles. The van der Waals surface area contributed by atoms with Crippen LogP contribution < -0.4 is 9.47 Å². The highest BCUT2D eigenvalue weighted by Gasteiger charge is 2.21. The Bertz CT molecular complexity index is 1050. The van der Waals surface area contributed by atoms with Crippen LogP contribution in [-0.2, 0) is 0 Å². The molecule has 0 saturated carbocycles. The number of carbonyl (C=O) groups is 1. The van der Waals surface area contributed by atoms with Gasteiger partial charge in [-0.1, -0.05) is 17.8 Å². The van der Waals surface area contributed by atoms with E-state index in [1.54, 1.807) is 20.3 Å². The quantitative estimate of drug-likeness (QED) is 0.445. The molecule has 0 aliphatic rings. The second kappa shape index (κ2) is 8.69. The van der Waals surface area contributed by atoms with E-state index in [1.807, 2.05) is 39.0 Å². The van der Waals surface area contributed by atoms with Crippen molar-refractivity contribution in [3.8, 4) is 22.9 Å². The minimum Gasteiger partial charge on any atom is -0.497 e. The molecule has 6 nitrogen and oxygen atoms in total. The van der Waals surface area contributed by atoms with Gasteiger partial charge in [0.1, 0.15) is 11.5 Å². The molecule has 1 N–H and O–H groups in total. The zero-order valence-corrected chi connectivity index (χ0v) is 18.3. The molecule has 0 fully saturated rings. The third-order valence-corrected chi connectivity index (χ3v) is 5.85. The van der Waals surface area contributed by atoms with Crippen LogP contribution in [0, 0.1) is 20.8 Å². The molecule has 0 saturated heterocycles. The molecule has 0 amide bonds. The third-order valence-electron chi connectivity index (χ3n) is 4.89. The first kappa shape index (κ1) is 20.9. The Morgan fingerprint density at radius 2 is 1.76 bits per heavy atom. The number of aryl methyl sites for hydroxylation is 3. The molecule has 0 radical (unpaired) electrons. The number of hydrogen-bond acceptors (Lipinski definition) is 6. The Hall–Kier alpha value is -2.80. The van der Waals surface area contributed by atoms with Crippen molar-refractivity contribution in [2.45, 2.75) is 38.1 Å². The van der Waals surface area contributed by atoms with Crippen LogP contribution in [0.4, 0.5) is 0 Å². The van der Waals surface area contributed by atoms with Crippen molar-refractivity contribution in [2.24, 2.45) is 0 Å². The van der Waals surface area contributed by atoms with Crippen molar-refractivity contribution in [2.75, 3.05) is 14.2 Å². The van der Waals surface area contributed by atoms with Crippen LogP contribution in [0.15, 0.2) is 35.5 Å². The molecular formula is C22H25N3O3S. The maximum absolute atomic E-state index is 13.0. The maximum atomic E-state index is 13.0. The van der Waals surface area contributed by atoms with E-state index in [1.165, 1.54) is 17.3 Å². The van der Waals surface area contributed by atoms with Gasteiger partial charge in [0.2, 0.25) is 5.16 Å². The van der Waals surface area contributed by atoms with E-state index >= 15 is 0 Å². The predicted molar refractivity (Wildman–Crippen MR) is 115 cm³/mol. The van der Waals surface area contributed by atoms with E-state index in [-0.39, 0.29) is 11.0 Å². The number of nitrogens with zero attached hydrogens (tertiary/aromatic N) is 2. The molecule has 1 atom stereocenters. The summed E-state index contributed by atoms with van der Waals surface area (Å²) in [5, 5.41) is 7.41. The first-order chi connectivity index (χ1) is 13.8. The zero-order chi connectivity index (χ0) is 21.1. The van der Waals surface area contributed by atoms with E-state index in [4.69, 9.17) is 9.47 Å². The summed E-state index contributed by atoms with van der Waals surface area (Å²) in [4.78, 5) is 17.5. The number of hydrogen-bond donors (Lipinski definition) is 1. The van der Waals surface area contributed by atoms with Crippen molar-refractivity contribution >= 4 is 17.5 Å². The highest BCUT2D eigenvalue weighted by molar-refractivity contribution is 8.00. The van der Waals surface area contributed by atoms with Gasteiger partial charge in [-0.2, -0.15) is 0 Å². The number of aromatic nitrogens is 3. The smallest absolute Gasteiger partial charge is 0.209 e. The van der Waals surface area contributed by atoms with Crippen molar-refractivity contribution in [3.63, 3.8) is 0 Å². The van der Waals surface area contributed by atoms with Gasteiger partial charge in [-0.3, -0.25) is 9.89 Å². The largest absolute Gasteiger partial charge is 0.497 e. The number of thioether (sulfide) groups is 1. The molecule has 3 aromatic rings. The fourth-order valence-corrected chi connectivity index (χ4v) is 3.86. The second-order valence-electron chi connectivity index (χ2n) is 6.91. The monoisotopic (exact) mass is 411 g/mol. The summed E-state index contributed by atoms with van der Waals surface area (Å²) in [6, 6.07) is 9.51. The molecule has 3 rings (SSSR count). The molecule has 0 aliphatic carbocycles. The second-order valence-corrected chi connectivity index (χ2v) is 8.22. The van der Waals surface area contributed by atoms with Crippen LogP contribution >= 0.6 is 11.8 Å². The highest BCUT2D eigenvalue weighted by Crippen LogP contribution is 2.33. The summed E-state index contributed by atoms with van der Waals surface area (Å²) in [6.07, 6.45) is 0. The highest BCUT2D eigenvalue weighted by atomic mass is 32.2. The van der Waals surface area contributed by atoms with E-state index in [0.29, 0.717) is 22.5 Å². The average Bonchev–Trinajstić information content (AvgIpc) is 3.17. The average molecular weight is 412 g/mol. The number of H-pyrrole nitrogens is 1. The van der Waals surface area contributed by atoms with Crippen LogP contribution in [0.1, 0.15) is 34.0 Å². The molecule has 0 bridgehead atoms. The fourth-order valence-electron chi connectivity index (χ4n) is 3.07. The van der Waals surface area contributed by atoms with E-state index in [9.17, 15) is 4.79 Å². The SMILES string of the molecule is COc1ccc(-c2nc(SC(C)C(=O)c3cc(C)c(C)cc3C)n[nH]2)c(OC)c1. The predicted octanol–water partition coefficient (Wildman–Crippen LogP) is 4.78. The van der Waals surface area contributed by atoms with Gasteiger partial charge in [-0.15, -0.1) is 5.10 Å². The lowest BCUT2D eigenvalue weighted by Gasteiger charge is -2.12. The Kier molecular flexibility index (Phi) is 6.27. The molecule has 152 valence electrons. The molecular weight excluding hydrogens is 386 g/mol. The summed E-state index contributed by atoms with van der Waals surface area (Å²) in [6.45, 7) is 7.92. The summed E-state index contributed by atoms with van der Waals surface area (Å²) in [5.41, 5.74) is 4.82. The molecule has 7 heteroatoms. The fraction of sp³-hybridized carbons (Fsp3) is 0.318. The van der Waals surface area contributed by atoms with Gasteiger partial charge >= 0.3 is 0 Å². The molecule has 29 heavy (non-hydrogen) atoms. The minimum absolute atomic E-state index is 0.0731. The summed E-state index contributed by atoms with van der Waals surface area (Å²) in [7, 11) is 3.20. The van der Waals surface area contributed by atoms with Crippen LogP contribution in [0.5, 0.6) is 11.5 Å². The normalized spacial score (nSPS) is 11.9. The van der Waals surface area contributed by atoms with Crippen LogP contribution in [0.3, 0.4) is 0 Å². The van der Waals surface area contributed by atoms with Gasteiger partial charge in [-0.25, -0.2) is 4.98 Å². The van der Waals surface area contributed by atoms with E-state index < -0.39 is 0 Å². The van der Waals surface area contributed by atoms with Crippen molar-refractivity contribution in [1.29, 1.82) is 0 Å². The van der Waals surface area contributed by atoms with Gasteiger partial charge in [0.15, 0.2) is 11.6 Å². The molecule has 1 unspecified atom stereocenters. The van der Waals surface area contributed by atoms with Gasteiger partial charge < -0.3 is 9.47 Å². The lowest BCUT2D eigenvalue weighted by atomic mass is 9.97. The Balaban J connectivity index is 1.80. The number of ether oxygens (including phenoxy) is 2. The van der Waals surface area contributed by atoms with Crippen LogP contribution in [0.25, 0.3) is 11.4 Å². The number of ketones is 1. The number of carbonyl (C=O) groups excluding carboxylic acids is 1. The standard InChI is InChI=1S/C22H25N3O3S/c1-12-9-14(3)18(10-13(12)2)20(26)15(4)29-22-23-21(24-25-22)17-8-7-16(27-5)11-19(17)28-6/h7-11,15H,1-6H3,(H,23,24,25). The van der Waals surface area contributed by atoms with E-state index in [2.05, 4.69) is 28.2 Å². The van der Waals surface area contributed by atoms with Gasteiger partial charge in [0.25, 0.3) is 0 Å². The van der Waals surface area contributed by atoms with Gasteiger partial charge in [-0.05, 0) is 62.6 Å². The van der Waals surface area contributed by atoms with Crippen molar-refractivity contribution < 1.29 is 14.3 Å². The Labute approximate surface area is 175 Å². The molecule has 0 aliphatic heterocycles. The third kappa shape index (κ3) is 4.45. The van der Waals surface area contributed by atoms with Crippen LogP contribution in [0.2, 0.25) is 0 Å². The number of rotatable bonds is 7. The minimum atomic E-state index is -0.308. The number of aromatic amines is 1. The van der Waals surface area contributed by atoms with Crippen molar-refractivity contribution in [1.82, 2.24) is 15.2 Å². The summed E-state index contributed by atoms with van der Waals surface area (Å²) < 4.78 is 10.7. The number of nitrogens with one attached hydrogen (secondary N) is 1. The first-order valence-corrected chi connectivity index (χ1v) is 10.2. The lowest BCUT2D eigenvalue weighted by Crippen LogP contribution is -2.15. The number of Topliss-reactive ketones (excluding diaryl/α,β-unsaturated/α-hetero) is 1. The lowest BCUT2D eigenvalue weighted by molar-refractivity contribution is 0.0993.